The molecule has 0 radical (unpaired) electrons. The van der Waals surface area contributed by atoms with Crippen LogP contribution in [0.3, 0.4) is 0 Å². The average Bonchev–Trinajstić information content (AvgIpc) is 2.61. The number of nitrogens with one attached hydrogen (secondary N) is 1. The first-order valence-electron chi connectivity index (χ1n) is 6.58. The van der Waals surface area contributed by atoms with Crippen LogP contribution >= 0.6 is 12.4 Å². The lowest BCUT2D eigenvalue weighted by molar-refractivity contribution is 0.270. The molecule has 2 rings (SSSR count). The Kier molecular flexibility index (Phi) is 7.15. The van der Waals surface area contributed by atoms with Crippen LogP contribution in [-0.2, 0) is 13.1 Å². The highest BCUT2D eigenvalue weighted by Crippen LogP contribution is 2.04. The third kappa shape index (κ3) is 4.51. The van der Waals surface area contributed by atoms with E-state index in [9.17, 15) is 0 Å². The molecule has 0 saturated carbocycles. The second-order valence-corrected chi connectivity index (χ2v) is 4.55. The van der Waals surface area contributed by atoms with Gasteiger partial charge in [-0.25, -0.2) is 4.68 Å². The van der Waals surface area contributed by atoms with E-state index in [1.807, 2.05) is 4.68 Å². The number of unbranched alkanes of at least 4 members (excludes halogenated alkanes) is 1. The second kappa shape index (κ2) is 8.39. The molecule has 0 aliphatic carbocycles. The van der Waals surface area contributed by atoms with Crippen molar-refractivity contribution in [1.29, 1.82) is 0 Å². The van der Waals surface area contributed by atoms with E-state index >= 15 is 0 Å². The number of aromatic nitrogens is 4. The summed E-state index contributed by atoms with van der Waals surface area (Å²) in [7, 11) is 0. The second-order valence-electron chi connectivity index (χ2n) is 4.55. The molecule has 0 spiro atoms. The Hall–Kier alpha value is -0.720. The molecule has 1 saturated heterocycles. The van der Waals surface area contributed by atoms with Gasteiger partial charge < -0.3 is 5.32 Å². The molecule has 1 aromatic heterocycles. The highest BCUT2D eigenvalue weighted by atomic mass is 35.5. The zero-order chi connectivity index (χ0) is 11.9. The fraction of sp³-hybridized carbons (Fsp3) is 0.909. The first-order valence-corrected chi connectivity index (χ1v) is 6.58. The zero-order valence-electron chi connectivity index (χ0n) is 11.0. The summed E-state index contributed by atoms with van der Waals surface area (Å²) in [4.78, 5) is 2.42. The van der Waals surface area contributed by atoms with Crippen molar-refractivity contribution >= 4 is 12.4 Å². The SMILES string of the molecule is CCCCn1nnnc1CN1CCCNCC1.Cl. The van der Waals surface area contributed by atoms with Gasteiger partial charge in [0.25, 0.3) is 0 Å². The molecule has 1 aliphatic rings. The molecule has 104 valence electrons. The molecular weight excluding hydrogens is 252 g/mol. The number of tetrazole rings is 1. The summed E-state index contributed by atoms with van der Waals surface area (Å²) in [6.07, 6.45) is 3.52. The summed E-state index contributed by atoms with van der Waals surface area (Å²) < 4.78 is 1.95. The van der Waals surface area contributed by atoms with Crippen LogP contribution in [0, 0.1) is 0 Å². The van der Waals surface area contributed by atoms with E-state index in [2.05, 4.69) is 32.7 Å². The molecule has 18 heavy (non-hydrogen) atoms. The molecule has 7 heteroatoms. The number of aryl methyl sites for hydroxylation is 1. The van der Waals surface area contributed by atoms with Gasteiger partial charge in [-0.05, 0) is 36.4 Å². The maximum Gasteiger partial charge on any atom is 0.165 e. The molecule has 1 fully saturated rings. The van der Waals surface area contributed by atoms with Crippen molar-refractivity contribution in [2.24, 2.45) is 0 Å². The van der Waals surface area contributed by atoms with Crippen LogP contribution in [0.25, 0.3) is 0 Å². The summed E-state index contributed by atoms with van der Waals surface area (Å²) in [6.45, 7) is 8.40. The molecule has 0 aromatic carbocycles. The van der Waals surface area contributed by atoms with Crippen LogP contribution in [0.15, 0.2) is 0 Å². The van der Waals surface area contributed by atoms with E-state index < -0.39 is 0 Å². The summed E-state index contributed by atoms with van der Waals surface area (Å²) in [5.74, 6) is 1.00. The monoisotopic (exact) mass is 274 g/mol. The van der Waals surface area contributed by atoms with E-state index in [0.717, 1.165) is 51.5 Å². The summed E-state index contributed by atoms with van der Waals surface area (Å²) in [6, 6.07) is 0. The predicted molar refractivity (Wildman–Crippen MR) is 72.7 cm³/mol. The maximum atomic E-state index is 4.13. The minimum absolute atomic E-state index is 0. The molecule has 1 aliphatic heterocycles. The molecular formula is C11H23ClN6. The van der Waals surface area contributed by atoms with Crippen molar-refractivity contribution in [2.75, 3.05) is 26.2 Å². The van der Waals surface area contributed by atoms with Crippen LogP contribution < -0.4 is 5.32 Å². The fourth-order valence-corrected chi connectivity index (χ4v) is 2.08. The first kappa shape index (κ1) is 15.3. The lowest BCUT2D eigenvalue weighted by Crippen LogP contribution is -2.29. The van der Waals surface area contributed by atoms with E-state index in [1.165, 1.54) is 12.8 Å². The van der Waals surface area contributed by atoms with Gasteiger partial charge in [-0.15, -0.1) is 17.5 Å². The predicted octanol–water partition coefficient (Wildman–Crippen LogP) is 0.690. The molecule has 1 N–H and O–H groups in total. The summed E-state index contributed by atoms with van der Waals surface area (Å²) >= 11 is 0. The Morgan fingerprint density at radius 1 is 1.28 bits per heavy atom. The Labute approximate surface area is 115 Å². The maximum absolute atomic E-state index is 4.13. The van der Waals surface area contributed by atoms with E-state index in [1.54, 1.807) is 0 Å². The number of halogens is 1. The lowest BCUT2D eigenvalue weighted by atomic mass is 10.3. The van der Waals surface area contributed by atoms with Gasteiger partial charge >= 0.3 is 0 Å². The Bertz CT molecular complexity index is 321. The van der Waals surface area contributed by atoms with Crippen molar-refractivity contribution in [3.05, 3.63) is 5.82 Å². The standard InChI is InChI=1S/C11H22N6.ClH/c1-2-3-8-17-11(13-14-15-17)10-16-7-4-5-12-6-9-16;/h12H,2-10H2,1H3;1H. The topological polar surface area (TPSA) is 58.9 Å². The number of hydrogen-bond acceptors (Lipinski definition) is 5. The van der Waals surface area contributed by atoms with Crippen LogP contribution in [0.2, 0.25) is 0 Å². The van der Waals surface area contributed by atoms with E-state index in [-0.39, 0.29) is 12.4 Å². The van der Waals surface area contributed by atoms with Gasteiger partial charge in [0, 0.05) is 19.6 Å². The quantitative estimate of drug-likeness (QED) is 0.856. The van der Waals surface area contributed by atoms with Crippen LogP contribution in [-0.4, -0.2) is 51.3 Å². The normalized spacial score (nSPS) is 17.2. The molecule has 0 atom stereocenters. The van der Waals surface area contributed by atoms with Gasteiger partial charge in [0.05, 0.1) is 6.54 Å². The lowest BCUT2D eigenvalue weighted by Gasteiger charge is -2.18. The molecule has 6 nitrogen and oxygen atoms in total. The minimum atomic E-state index is 0. The molecule has 2 heterocycles. The van der Waals surface area contributed by atoms with Gasteiger partial charge in [-0.2, -0.15) is 0 Å². The first-order chi connectivity index (χ1) is 8.40. The molecule has 0 unspecified atom stereocenters. The molecule has 0 bridgehead atoms. The van der Waals surface area contributed by atoms with Crippen LogP contribution in [0.5, 0.6) is 0 Å². The van der Waals surface area contributed by atoms with Gasteiger partial charge in [0.1, 0.15) is 0 Å². The van der Waals surface area contributed by atoms with Crippen molar-refractivity contribution in [3.63, 3.8) is 0 Å². The number of rotatable bonds is 5. The molecule has 1 aromatic rings. The fourth-order valence-electron chi connectivity index (χ4n) is 2.08. The van der Waals surface area contributed by atoms with Crippen LogP contribution in [0.4, 0.5) is 0 Å². The average molecular weight is 275 g/mol. The number of nitrogens with zero attached hydrogens (tertiary/aromatic N) is 5. The van der Waals surface area contributed by atoms with Crippen molar-refractivity contribution < 1.29 is 0 Å². The Balaban J connectivity index is 0.00000162. The summed E-state index contributed by atoms with van der Waals surface area (Å²) in [5.41, 5.74) is 0. The van der Waals surface area contributed by atoms with Gasteiger partial charge in [0.15, 0.2) is 5.82 Å². The zero-order valence-corrected chi connectivity index (χ0v) is 11.8. The van der Waals surface area contributed by atoms with Gasteiger partial charge in [0.2, 0.25) is 0 Å². The Morgan fingerprint density at radius 3 is 3.00 bits per heavy atom. The third-order valence-corrected chi connectivity index (χ3v) is 3.13. The van der Waals surface area contributed by atoms with Crippen molar-refractivity contribution in [1.82, 2.24) is 30.4 Å². The highest BCUT2D eigenvalue weighted by Gasteiger charge is 2.13. The van der Waals surface area contributed by atoms with E-state index in [0.29, 0.717) is 0 Å². The minimum Gasteiger partial charge on any atom is -0.315 e. The Morgan fingerprint density at radius 2 is 2.17 bits per heavy atom. The number of hydrogen-bond donors (Lipinski definition) is 1. The third-order valence-electron chi connectivity index (χ3n) is 3.13. The van der Waals surface area contributed by atoms with Gasteiger partial charge in [-0.3, -0.25) is 4.90 Å². The summed E-state index contributed by atoms with van der Waals surface area (Å²) in [5, 5.41) is 15.4. The van der Waals surface area contributed by atoms with Gasteiger partial charge in [-0.1, -0.05) is 13.3 Å². The van der Waals surface area contributed by atoms with Crippen molar-refractivity contribution in [2.45, 2.75) is 39.3 Å². The smallest absolute Gasteiger partial charge is 0.165 e. The van der Waals surface area contributed by atoms with Crippen molar-refractivity contribution in [3.8, 4) is 0 Å². The van der Waals surface area contributed by atoms with Crippen LogP contribution in [0.1, 0.15) is 32.0 Å². The highest BCUT2D eigenvalue weighted by molar-refractivity contribution is 5.85. The molecule has 0 amide bonds. The van der Waals surface area contributed by atoms with E-state index in [4.69, 9.17) is 0 Å². The largest absolute Gasteiger partial charge is 0.315 e.